The molecule has 1 aromatic heterocycles. The first-order chi connectivity index (χ1) is 6.72. The lowest BCUT2D eigenvalue weighted by atomic mass is 10.2. The van der Waals surface area contributed by atoms with Gasteiger partial charge in [0.25, 0.3) is 0 Å². The molecular formula is C10H9BrN2O. The molecule has 0 saturated carbocycles. The largest absolute Gasteiger partial charge is 0.273 e. The summed E-state index contributed by atoms with van der Waals surface area (Å²) in [4.78, 5) is 11.2. The number of hydrogen-bond acceptors (Lipinski definition) is 2. The van der Waals surface area contributed by atoms with E-state index in [0.29, 0.717) is 0 Å². The number of carbonyl (C=O) groups excluding carboxylic acids is 1. The van der Waals surface area contributed by atoms with E-state index in [1.165, 1.54) is 17.2 Å². The molecule has 0 spiro atoms. The third kappa shape index (κ3) is 1.46. The molecule has 0 saturated heterocycles. The van der Waals surface area contributed by atoms with Crippen LogP contribution in [0.25, 0.3) is 10.9 Å². The van der Waals surface area contributed by atoms with E-state index in [9.17, 15) is 4.79 Å². The number of fused-ring (bicyclic) bond motifs is 1. The molecule has 1 aromatic carbocycles. The zero-order valence-electron chi connectivity index (χ0n) is 7.70. The highest BCUT2D eigenvalue weighted by Gasteiger charge is 2.05. The average Bonchev–Trinajstić information content (AvgIpc) is 2.59. The molecule has 1 heterocycles. The standard InChI is InChI=1S/C10H9BrN2O/c1-7(14)13-10-3-2-8(5-11)4-9(10)6-12-13/h2-4,6H,5H2,1H3. The topological polar surface area (TPSA) is 34.9 Å². The molecule has 0 bridgehead atoms. The smallest absolute Gasteiger partial charge is 0.244 e. The van der Waals surface area contributed by atoms with Crippen molar-refractivity contribution in [1.29, 1.82) is 0 Å². The van der Waals surface area contributed by atoms with Crippen molar-refractivity contribution >= 4 is 32.7 Å². The highest BCUT2D eigenvalue weighted by molar-refractivity contribution is 9.08. The van der Waals surface area contributed by atoms with Crippen LogP contribution in [-0.4, -0.2) is 15.7 Å². The minimum absolute atomic E-state index is 0.0633. The lowest BCUT2D eigenvalue weighted by Gasteiger charge is -1.98. The number of hydrogen-bond donors (Lipinski definition) is 0. The van der Waals surface area contributed by atoms with Gasteiger partial charge in [0.1, 0.15) is 0 Å². The Morgan fingerprint density at radius 1 is 1.57 bits per heavy atom. The Hall–Kier alpha value is -1.16. The number of halogens is 1. The summed E-state index contributed by atoms with van der Waals surface area (Å²) < 4.78 is 1.41. The first-order valence-electron chi connectivity index (χ1n) is 4.26. The maximum Gasteiger partial charge on any atom is 0.244 e. The molecule has 72 valence electrons. The zero-order valence-corrected chi connectivity index (χ0v) is 9.28. The van der Waals surface area contributed by atoms with Gasteiger partial charge in [0, 0.05) is 17.6 Å². The van der Waals surface area contributed by atoms with E-state index in [1.807, 2.05) is 18.2 Å². The molecule has 0 atom stereocenters. The second-order valence-electron chi connectivity index (χ2n) is 3.10. The summed E-state index contributed by atoms with van der Waals surface area (Å²) in [7, 11) is 0. The fourth-order valence-electron chi connectivity index (χ4n) is 1.42. The van der Waals surface area contributed by atoms with Crippen LogP contribution >= 0.6 is 15.9 Å². The lowest BCUT2D eigenvalue weighted by molar-refractivity contribution is 0.0927. The lowest BCUT2D eigenvalue weighted by Crippen LogP contribution is -2.06. The normalized spacial score (nSPS) is 10.7. The van der Waals surface area contributed by atoms with Gasteiger partial charge in [0.15, 0.2) is 0 Å². The molecule has 0 fully saturated rings. The highest BCUT2D eigenvalue weighted by Crippen LogP contribution is 2.17. The summed E-state index contributed by atoms with van der Waals surface area (Å²) in [6, 6.07) is 5.93. The molecule has 14 heavy (non-hydrogen) atoms. The molecule has 0 aliphatic rings. The molecule has 4 heteroatoms. The molecule has 0 aliphatic heterocycles. The third-order valence-electron chi connectivity index (χ3n) is 2.08. The summed E-state index contributed by atoms with van der Waals surface area (Å²) >= 11 is 3.38. The Balaban J connectivity index is 2.65. The van der Waals surface area contributed by atoms with E-state index < -0.39 is 0 Å². The van der Waals surface area contributed by atoms with Crippen molar-refractivity contribution in [2.24, 2.45) is 0 Å². The van der Waals surface area contributed by atoms with Crippen molar-refractivity contribution in [2.75, 3.05) is 0 Å². The van der Waals surface area contributed by atoms with E-state index in [1.54, 1.807) is 6.20 Å². The quantitative estimate of drug-likeness (QED) is 0.732. The van der Waals surface area contributed by atoms with E-state index >= 15 is 0 Å². The van der Waals surface area contributed by atoms with Crippen molar-refractivity contribution in [3.8, 4) is 0 Å². The van der Waals surface area contributed by atoms with Gasteiger partial charge in [0.05, 0.1) is 11.7 Å². The predicted molar refractivity (Wildman–Crippen MR) is 58.7 cm³/mol. The minimum Gasteiger partial charge on any atom is -0.273 e. The number of rotatable bonds is 1. The van der Waals surface area contributed by atoms with E-state index in [0.717, 1.165) is 16.2 Å². The first-order valence-corrected chi connectivity index (χ1v) is 5.38. The van der Waals surface area contributed by atoms with E-state index in [2.05, 4.69) is 21.0 Å². The van der Waals surface area contributed by atoms with Crippen molar-refractivity contribution in [1.82, 2.24) is 9.78 Å². The van der Waals surface area contributed by atoms with Crippen molar-refractivity contribution in [2.45, 2.75) is 12.3 Å². The van der Waals surface area contributed by atoms with Crippen molar-refractivity contribution in [3.05, 3.63) is 30.0 Å². The van der Waals surface area contributed by atoms with Gasteiger partial charge in [-0.2, -0.15) is 5.10 Å². The second kappa shape index (κ2) is 3.53. The van der Waals surface area contributed by atoms with E-state index in [-0.39, 0.29) is 5.91 Å². The van der Waals surface area contributed by atoms with Gasteiger partial charge >= 0.3 is 0 Å². The van der Waals surface area contributed by atoms with E-state index in [4.69, 9.17) is 0 Å². The van der Waals surface area contributed by atoms with Crippen LogP contribution in [0.4, 0.5) is 0 Å². The van der Waals surface area contributed by atoms with Crippen LogP contribution in [-0.2, 0) is 5.33 Å². The van der Waals surface area contributed by atoms with Gasteiger partial charge in [-0.05, 0) is 17.7 Å². The fraction of sp³-hybridized carbons (Fsp3) is 0.200. The Kier molecular flexibility index (Phi) is 2.37. The third-order valence-corrected chi connectivity index (χ3v) is 2.73. The van der Waals surface area contributed by atoms with Crippen molar-refractivity contribution < 1.29 is 4.79 Å². The molecule has 2 aromatic rings. The van der Waals surface area contributed by atoms with Gasteiger partial charge in [-0.3, -0.25) is 4.79 Å². The van der Waals surface area contributed by atoms with Crippen LogP contribution in [0.3, 0.4) is 0 Å². The van der Waals surface area contributed by atoms with Gasteiger partial charge in [0.2, 0.25) is 5.91 Å². The Labute approximate surface area is 89.8 Å². The van der Waals surface area contributed by atoms with Crippen LogP contribution < -0.4 is 0 Å². The summed E-state index contributed by atoms with van der Waals surface area (Å²) in [5.41, 5.74) is 2.04. The fourth-order valence-corrected chi connectivity index (χ4v) is 1.77. The second-order valence-corrected chi connectivity index (χ2v) is 3.66. The average molecular weight is 253 g/mol. The Morgan fingerprint density at radius 3 is 3.00 bits per heavy atom. The van der Waals surface area contributed by atoms with Gasteiger partial charge in [-0.15, -0.1) is 0 Å². The molecule has 2 rings (SSSR count). The van der Waals surface area contributed by atoms with Crippen LogP contribution in [0.5, 0.6) is 0 Å². The molecular weight excluding hydrogens is 244 g/mol. The van der Waals surface area contributed by atoms with Crippen molar-refractivity contribution in [3.63, 3.8) is 0 Å². The van der Waals surface area contributed by atoms with Crippen LogP contribution in [0.1, 0.15) is 17.3 Å². The minimum atomic E-state index is -0.0633. The monoisotopic (exact) mass is 252 g/mol. The zero-order chi connectivity index (χ0) is 10.1. The van der Waals surface area contributed by atoms with Crippen LogP contribution in [0.15, 0.2) is 24.4 Å². The van der Waals surface area contributed by atoms with Crippen LogP contribution in [0, 0.1) is 0 Å². The maximum atomic E-state index is 11.2. The number of benzene rings is 1. The molecule has 0 unspecified atom stereocenters. The van der Waals surface area contributed by atoms with Gasteiger partial charge < -0.3 is 0 Å². The summed E-state index contributed by atoms with van der Waals surface area (Å²) in [5.74, 6) is -0.0633. The number of aromatic nitrogens is 2. The Morgan fingerprint density at radius 2 is 2.36 bits per heavy atom. The highest BCUT2D eigenvalue weighted by atomic mass is 79.9. The first kappa shape index (κ1) is 9.40. The predicted octanol–water partition coefficient (Wildman–Crippen LogP) is 2.59. The van der Waals surface area contributed by atoms with Gasteiger partial charge in [-0.1, -0.05) is 22.0 Å². The molecule has 0 aliphatic carbocycles. The number of carbonyl (C=O) groups is 1. The molecule has 0 amide bonds. The SMILES string of the molecule is CC(=O)n1ncc2cc(CBr)ccc21. The molecule has 0 radical (unpaired) electrons. The Bertz CT molecular complexity index is 490. The summed E-state index contributed by atoms with van der Waals surface area (Å²) in [6.45, 7) is 1.50. The summed E-state index contributed by atoms with van der Waals surface area (Å²) in [5, 5.41) is 5.83. The van der Waals surface area contributed by atoms with Crippen LogP contribution in [0.2, 0.25) is 0 Å². The molecule has 0 N–H and O–H groups in total. The maximum absolute atomic E-state index is 11.2. The van der Waals surface area contributed by atoms with Gasteiger partial charge in [-0.25, -0.2) is 4.68 Å². The summed E-state index contributed by atoms with van der Waals surface area (Å²) in [6.07, 6.45) is 1.71. The molecule has 3 nitrogen and oxygen atoms in total. The number of nitrogens with zero attached hydrogens (tertiary/aromatic N) is 2. The number of alkyl halides is 1.